The van der Waals surface area contributed by atoms with Crippen LogP contribution in [-0.4, -0.2) is 14.5 Å². The summed E-state index contributed by atoms with van der Waals surface area (Å²) in [6, 6.07) is 6.90. The Morgan fingerprint density at radius 1 is 1.24 bits per heavy atom. The number of hydrogen-bond acceptors (Lipinski definition) is 3. The Hall–Kier alpha value is -1.07. The van der Waals surface area contributed by atoms with Crippen molar-refractivity contribution in [3.05, 3.63) is 24.3 Å². The second kappa shape index (κ2) is 5.51. The first-order chi connectivity index (χ1) is 7.84. The van der Waals surface area contributed by atoms with Crippen LogP contribution >= 0.6 is 0 Å². The van der Waals surface area contributed by atoms with Crippen LogP contribution in [0.3, 0.4) is 0 Å². The topological polar surface area (TPSA) is 72.2 Å². The Labute approximate surface area is 103 Å². The first-order valence-electron chi connectivity index (χ1n) is 5.74. The SMILES string of the molecule is CCC(Nc1ccc(S(N)(=O)=O)cc1)C(C)C. The Bertz CT molecular complexity index is 452. The predicted molar refractivity (Wildman–Crippen MR) is 70.4 cm³/mol. The highest BCUT2D eigenvalue weighted by Crippen LogP contribution is 2.17. The number of hydrogen-bond donors (Lipinski definition) is 2. The second-order valence-electron chi connectivity index (χ2n) is 4.47. The molecule has 1 rings (SSSR count). The van der Waals surface area contributed by atoms with Gasteiger partial charge in [-0.15, -0.1) is 0 Å². The van der Waals surface area contributed by atoms with E-state index in [2.05, 4.69) is 26.1 Å². The molecule has 0 heterocycles. The van der Waals surface area contributed by atoms with E-state index < -0.39 is 10.0 Å². The lowest BCUT2D eigenvalue weighted by atomic mass is 10.0. The zero-order chi connectivity index (χ0) is 13.1. The van der Waals surface area contributed by atoms with E-state index in [9.17, 15) is 8.42 Å². The first-order valence-corrected chi connectivity index (χ1v) is 7.28. The minimum atomic E-state index is -3.60. The standard InChI is InChI=1S/C12H20N2O2S/c1-4-12(9(2)3)14-10-5-7-11(8-6-10)17(13,15)16/h5-9,12,14H,4H2,1-3H3,(H2,13,15,16). The van der Waals surface area contributed by atoms with Crippen LogP contribution < -0.4 is 10.5 Å². The van der Waals surface area contributed by atoms with Crippen molar-refractivity contribution in [1.29, 1.82) is 0 Å². The highest BCUT2D eigenvalue weighted by atomic mass is 32.2. The summed E-state index contributed by atoms with van der Waals surface area (Å²) >= 11 is 0. The highest BCUT2D eigenvalue weighted by molar-refractivity contribution is 7.89. The maximum atomic E-state index is 11.1. The Morgan fingerprint density at radius 2 is 1.76 bits per heavy atom. The van der Waals surface area contributed by atoms with Gasteiger partial charge >= 0.3 is 0 Å². The van der Waals surface area contributed by atoms with Crippen LogP contribution in [0, 0.1) is 5.92 Å². The van der Waals surface area contributed by atoms with Crippen molar-refractivity contribution in [3.8, 4) is 0 Å². The van der Waals surface area contributed by atoms with Crippen molar-refractivity contribution in [1.82, 2.24) is 0 Å². The number of primary sulfonamides is 1. The lowest BCUT2D eigenvalue weighted by Crippen LogP contribution is -2.24. The zero-order valence-electron chi connectivity index (χ0n) is 10.5. The molecule has 0 bridgehead atoms. The predicted octanol–water partition coefficient (Wildman–Crippen LogP) is 2.18. The van der Waals surface area contributed by atoms with Crippen molar-refractivity contribution >= 4 is 15.7 Å². The summed E-state index contributed by atoms with van der Waals surface area (Å²) in [5, 5.41) is 8.41. The summed E-state index contributed by atoms with van der Waals surface area (Å²) in [5.41, 5.74) is 0.915. The van der Waals surface area contributed by atoms with Gasteiger partial charge in [-0.25, -0.2) is 13.6 Å². The van der Waals surface area contributed by atoms with Crippen LogP contribution in [0.5, 0.6) is 0 Å². The van der Waals surface area contributed by atoms with Crippen LogP contribution in [0.4, 0.5) is 5.69 Å². The minimum Gasteiger partial charge on any atom is -0.382 e. The lowest BCUT2D eigenvalue weighted by molar-refractivity contribution is 0.511. The number of sulfonamides is 1. The van der Waals surface area contributed by atoms with Crippen LogP contribution in [0.1, 0.15) is 27.2 Å². The van der Waals surface area contributed by atoms with E-state index in [-0.39, 0.29) is 4.90 Å². The van der Waals surface area contributed by atoms with Crippen LogP contribution in [0.2, 0.25) is 0 Å². The van der Waals surface area contributed by atoms with Gasteiger partial charge in [-0.1, -0.05) is 20.8 Å². The van der Waals surface area contributed by atoms with Gasteiger partial charge in [-0.05, 0) is 36.6 Å². The third kappa shape index (κ3) is 4.02. The quantitative estimate of drug-likeness (QED) is 0.848. The fourth-order valence-electron chi connectivity index (χ4n) is 1.70. The molecule has 1 aromatic rings. The smallest absolute Gasteiger partial charge is 0.238 e. The van der Waals surface area contributed by atoms with Crippen molar-refractivity contribution in [2.75, 3.05) is 5.32 Å². The number of rotatable bonds is 5. The van der Waals surface area contributed by atoms with Crippen molar-refractivity contribution < 1.29 is 8.42 Å². The largest absolute Gasteiger partial charge is 0.382 e. The molecule has 0 aliphatic carbocycles. The van der Waals surface area contributed by atoms with Gasteiger partial charge in [-0.3, -0.25) is 0 Å². The van der Waals surface area contributed by atoms with Gasteiger partial charge in [-0.2, -0.15) is 0 Å². The van der Waals surface area contributed by atoms with Gasteiger partial charge in [0.2, 0.25) is 10.0 Å². The molecule has 5 heteroatoms. The molecule has 0 aliphatic heterocycles. The van der Waals surface area contributed by atoms with E-state index in [0.29, 0.717) is 12.0 Å². The van der Waals surface area contributed by atoms with Crippen molar-refractivity contribution in [2.45, 2.75) is 38.1 Å². The molecule has 17 heavy (non-hydrogen) atoms. The van der Waals surface area contributed by atoms with E-state index in [4.69, 9.17) is 5.14 Å². The van der Waals surface area contributed by atoms with E-state index in [1.165, 1.54) is 12.1 Å². The molecule has 96 valence electrons. The summed E-state index contributed by atoms with van der Waals surface area (Å²) in [6.07, 6.45) is 1.02. The van der Waals surface area contributed by atoms with E-state index in [0.717, 1.165) is 12.1 Å². The van der Waals surface area contributed by atoms with Crippen LogP contribution in [0.15, 0.2) is 29.2 Å². The van der Waals surface area contributed by atoms with Gasteiger partial charge in [0.25, 0.3) is 0 Å². The average Bonchev–Trinajstić information content (AvgIpc) is 2.25. The third-order valence-corrected chi connectivity index (χ3v) is 3.71. The molecule has 0 fully saturated rings. The van der Waals surface area contributed by atoms with E-state index in [1.807, 2.05) is 0 Å². The van der Waals surface area contributed by atoms with Crippen LogP contribution in [0.25, 0.3) is 0 Å². The normalized spacial score (nSPS) is 13.7. The lowest BCUT2D eigenvalue weighted by Gasteiger charge is -2.22. The molecule has 1 aromatic carbocycles. The Balaban J connectivity index is 2.82. The van der Waals surface area contributed by atoms with Crippen LogP contribution in [-0.2, 0) is 10.0 Å². The number of anilines is 1. The number of nitrogens with two attached hydrogens (primary N) is 1. The summed E-state index contributed by atoms with van der Waals surface area (Å²) < 4.78 is 22.2. The molecule has 0 spiro atoms. The molecule has 1 atom stereocenters. The molecule has 3 N–H and O–H groups in total. The second-order valence-corrected chi connectivity index (χ2v) is 6.03. The average molecular weight is 256 g/mol. The van der Waals surface area contributed by atoms with E-state index >= 15 is 0 Å². The van der Waals surface area contributed by atoms with Gasteiger partial charge in [0, 0.05) is 11.7 Å². The Morgan fingerprint density at radius 3 is 2.12 bits per heavy atom. The molecule has 0 radical (unpaired) electrons. The van der Waals surface area contributed by atoms with E-state index in [1.54, 1.807) is 12.1 Å². The molecule has 1 unspecified atom stereocenters. The maximum Gasteiger partial charge on any atom is 0.238 e. The number of benzene rings is 1. The molecule has 0 aromatic heterocycles. The molecule has 4 nitrogen and oxygen atoms in total. The first kappa shape index (κ1) is 14.0. The molecular weight excluding hydrogens is 236 g/mol. The summed E-state index contributed by atoms with van der Waals surface area (Å²) in [4.78, 5) is 0.139. The van der Waals surface area contributed by atoms with Gasteiger partial charge in [0.15, 0.2) is 0 Å². The molecule has 0 saturated heterocycles. The fraction of sp³-hybridized carbons (Fsp3) is 0.500. The van der Waals surface area contributed by atoms with Crippen molar-refractivity contribution in [2.24, 2.45) is 11.1 Å². The maximum absolute atomic E-state index is 11.1. The Kier molecular flexibility index (Phi) is 4.54. The van der Waals surface area contributed by atoms with Gasteiger partial charge < -0.3 is 5.32 Å². The van der Waals surface area contributed by atoms with Gasteiger partial charge in [0.1, 0.15) is 0 Å². The molecule has 0 aliphatic rings. The van der Waals surface area contributed by atoms with Gasteiger partial charge in [0.05, 0.1) is 4.90 Å². The molecule has 0 amide bonds. The summed E-state index contributed by atoms with van der Waals surface area (Å²) in [5.74, 6) is 0.526. The fourth-order valence-corrected chi connectivity index (χ4v) is 2.21. The molecule has 0 saturated carbocycles. The monoisotopic (exact) mass is 256 g/mol. The summed E-state index contributed by atoms with van der Waals surface area (Å²) in [7, 11) is -3.60. The van der Waals surface area contributed by atoms with Crippen molar-refractivity contribution in [3.63, 3.8) is 0 Å². The number of nitrogens with one attached hydrogen (secondary N) is 1. The minimum absolute atomic E-state index is 0.139. The third-order valence-electron chi connectivity index (χ3n) is 2.78. The summed E-state index contributed by atoms with van der Waals surface area (Å²) in [6.45, 7) is 6.43. The molecular formula is C12H20N2O2S. The highest BCUT2D eigenvalue weighted by Gasteiger charge is 2.11. The zero-order valence-corrected chi connectivity index (χ0v) is 11.3.